The van der Waals surface area contributed by atoms with Gasteiger partial charge in [0.15, 0.2) is 0 Å². The van der Waals surface area contributed by atoms with Gasteiger partial charge in [0.2, 0.25) is 5.78 Å². The van der Waals surface area contributed by atoms with Crippen LogP contribution in [0.25, 0.3) is 5.78 Å². The molecule has 1 N–H and O–H groups in total. The number of imidazole rings is 1. The Hall–Kier alpha value is -2.70. The summed E-state index contributed by atoms with van der Waals surface area (Å²) < 4.78 is 3.72. The van der Waals surface area contributed by atoms with E-state index in [2.05, 4.69) is 27.3 Å². The van der Waals surface area contributed by atoms with Gasteiger partial charge in [-0.15, -0.1) is 0 Å². The lowest BCUT2D eigenvalue weighted by Gasteiger charge is -2.14. The van der Waals surface area contributed by atoms with Crippen LogP contribution in [0.3, 0.4) is 0 Å². The zero-order chi connectivity index (χ0) is 17.1. The van der Waals surface area contributed by atoms with Crippen LogP contribution in [0.2, 0.25) is 0 Å². The average molecular weight is 326 g/mol. The Morgan fingerprint density at radius 3 is 2.92 bits per heavy atom. The highest BCUT2D eigenvalue weighted by molar-refractivity contribution is 5.95. The van der Waals surface area contributed by atoms with Gasteiger partial charge >= 0.3 is 0 Å². The van der Waals surface area contributed by atoms with Gasteiger partial charge in [0.05, 0.1) is 23.5 Å². The summed E-state index contributed by atoms with van der Waals surface area (Å²) in [6.45, 7) is 6.85. The van der Waals surface area contributed by atoms with Crippen molar-refractivity contribution in [2.24, 2.45) is 0 Å². The number of nitrogens with one attached hydrogen (secondary N) is 1. The van der Waals surface area contributed by atoms with Gasteiger partial charge in [-0.05, 0) is 25.8 Å². The van der Waals surface area contributed by atoms with E-state index < -0.39 is 0 Å². The maximum Gasteiger partial charge on any atom is 0.255 e. The highest BCUT2D eigenvalue weighted by Crippen LogP contribution is 2.17. The molecule has 0 saturated heterocycles. The summed E-state index contributed by atoms with van der Waals surface area (Å²) >= 11 is 0. The number of aryl methyl sites for hydroxylation is 1. The molecule has 0 aliphatic rings. The maximum atomic E-state index is 12.6. The molecule has 7 nitrogen and oxygen atoms in total. The van der Waals surface area contributed by atoms with E-state index in [-0.39, 0.29) is 11.9 Å². The third-order valence-electron chi connectivity index (χ3n) is 4.11. The van der Waals surface area contributed by atoms with E-state index in [1.165, 1.54) is 0 Å². The summed E-state index contributed by atoms with van der Waals surface area (Å²) in [5.74, 6) is 0.513. The Morgan fingerprint density at radius 2 is 2.21 bits per heavy atom. The standard InChI is InChI=1S/C17H22N6O/c1-4-8-23-12(3)13(10-19-23)16(24)20-14(5-2)15-11-22-9-6-7-18-17(22)21-15/h6-7,9-11,14H,4-5,8H2,1-3H3,(H,20,24). The van der Waals surface area contributed by atoms with Crippen molar-refractivity contribution in [3.8, 4) is 0 Å². The van der Waals surface area contributed by atoms with E-state index in [0.29, 0.717) is 11.3 Å². The molecule has 0 bridgehead atoms. The van der Waals surface area contributed by atoms with Gasteiger partial charge in [-0.25, -0.2) is 9.97 Å². The number of nitrogens with zero attached hydrogens (tertiary/aromatic N) is 5. The summed E-state index contributed by atoms with van der Waals surface area (Å²) in [5.41, 5.74) is 2.31. The van der Waals surface area contributed by atoms with Crippen LogP contribution in [-0.4, -0.2) is 30.1 Å². The summed E-state index contributed by atoms with van der Waals surface area (Å²) in [7, 11) is 0. The predicted octanol–water partition coefficient (Wildman–Crippen LogP) is 2.53. The van der Waals surface area contributed by atoms with E-state index in [1.54, 1.807) is 12.4 Å². The highest BCUT2D eigenvalue weighted by Gasteiger charge is 2.20. The van der Waals surface area contributed by atoms with E-state index in [0.717, 1.165) is 30.8 Å². The molecule has 1 atom stereocenters. The van der Waals surface area contributed by atoms with Crippen molar-refractivity contribution in [1.82, 2.24) is 29.5 Å². The normalized spacial score (nSPS) is 12.5. The van der Waals surface area contributed by atoms with Crippen LogP contribution >= 0.6 is 0 Å². The third-order valence-corrected chi connectivity index (χ3v) is 4.11. The van der Waals surface area contributed by atoms with Crippen LogP contribution in [0.15, 0.2) is 30.9 Å². The summed E-state index contributed by atoms with van der Waals surface area (Å²) in [6, 6.07) is 1.69. The van der Waals surface area contributed by atoms with Crippen LogP contribution in [0.4, 0.5) is 0 Å². The van der Waals surface area contributed by atoms with Crippen molar-refractivity contribution in [1.29, 1.82) is 0 Å². The smallest absolute Gasteiger partial charge is 0.255 e. The van der Waals surface area contributed by atoms with E-state index >= 15 is 0 Å². The number of fused-ring (bicyclic) bond motifs is 1. The molecule has 1 amide bonds. The molecule has 24 heavy (non-hydrogen) atoms. The fourth-order valence-corrected chi connectivity index (χ4v) is 2.74. The number of carbonyl (C=O) groups excluding carboxylic acids is 1. The maximum absolute atomic E-state index is 12.6. The van der Waals surface area contributed by atoms with E-state index in [4.69, 9.17) is 0 Å². The van der Waals surface area contributed by atoms with Crippen molar-refractivity contribution < 1.29 is 4.79 Å². The van der Waals surface area contributed by atoms with Crippen molar-refractivity contribution in [3.63, 3.8) is 0 Å². The van der Waals surface area contributed by atoms with Gasteiger partial charge in [0, 0.05) is 30.8 Å². The highest BCUT2D eigenvalue weighted by atomic mass is 16.1. The fourth-order valence-electron chi connectivity index (χ4n) is 2.74. The van der Waals surface area contributed by atoms with Crippen LogP contribution < -0.4 is 5.32 Å². The molecule has 126 valence electrons. The Morgan fingerprint density at radius 1 is 1.38 bits per heavy atom. The third kappa shape index (κ3) is 3.02. The van der Waals surface area contributed by atoms with Gasteiger partial charge in [0.25, 0.3) is 5.91 Å². The second-order valence-corrected chi connectivity index (χ2v) is 5.79. The lowest BCUT2D eigenvalue weighted by Crippen LogP contribution is -2.28. The second-order valence-electron chi connectivity index (χ2n) is 5.79. The number of hydrogen-bond acceptors (Lipinski definition) is 4. The molecule has 3 rings (SSSR count). The second kappa shape index (κ2) is 6.82. The lowest BCUT2D eigenvalue weighted by molar-refractivity contribution is 0.0934. The summed E-state index contributed by atoms with van der Waals surface area (Å²) in [5, 5.41) is 7.35. The predicted molar refractivity (Wildman–Crippen MR) is 90.7 cm³/mol. The van der Waals surface area contributed by atoms with Crippen molar-refractivity contribution in [2.75, 3.05) is 0 Å². The Balaban J connectivity index is 1.81. The Bertz CT molecular complexity index is 817. The van der Waals surface area contributed by atoms with E-state index in [1.807, 2.05) is 41.4 Å². The average Bonchev–Trinajstić information content (AvgIpc) is 3.17. The van der Waals surface area contributed by atoms with Crippen LogP contribution in [0.5, 0.6) is 0 Å². The molecule has 7 heteroatoms. The molecule has 0 saturated carbocycles. The number of amides is 1. The first-order valence-electron chi connectivity index (χ1n) is 8.27. The Labute approximate surface area is 140 Å². The van der Waals surface area contributed by atoms with Gasteiger partial charge in [-0.1, -0.05) is 13.8 Å². The van der Waals surface area contributed by atoms with Crippen LogP contribution in [0.1, 0.15) is 54.5 Å². The molecule has 0 aromatic carbocycles. The minimum atomic E-state index is -0.159. The fraction of sp³-hybridized carbons (Fsp3) is 0.412. The molecule has 0 spiro atoms. The molecule has 3 aromatic rings. The summed E-state index contributed by atoms with van der Waals surface area (Å²) in [4.78, 5) is 21.3. The molecule has 1 unspecified atom stereocenters. The van der Waals surface area contributed by atoms with Crippen LogP contribution in [-0.2, 0) is 6.54 Å². The number of hydrogen-bond donors (Lipinski definition) is 1. The zero-order valence-electron chi connectivity index (χ0n) is 14.2. The first-order valence-corrected chi connectivity index (χ1v) is 8.27. The van der Waals surface area contributed by atoms with Crippen molar-refractivity contribution in [2.45, 2.75) is 46.2 Å². The van der Waals surface area contributed by atoms with Crippen molar-refractivity contribution >= 4 is 11.7 Å². The van der Waals surface area contributed by atoms with E-state index in [9.17, 15) is 4.79 Å². The number of aromatic nitrogens is 5. The SMILES string of the molecule is CCCn1ncc(C(=O)NC(CC)c2cn3cccnc3n2)c1C. The molecule has 0 fully saturated rings. The molecular weight excluding hydrogens is 304 g/mol. The first kappa shape index (κ1) is 16.2. The van der Waals surface area contributed by atoms with Crippen molar-refractivity contribution in [3.05, 3.63) is 47.8 Å². The molecular formula is C17H22N6O. The molecule has 3 heterocycles. The topological polar surface area (TPSA) is 77.1 Å². The molecule has 3 aromatic heterocycles. The molecule has 0 aliphatic heterocycles. The minimum Gasteiger partial charge on any atom is -0.344 e. The number of rotatable bonds is 6. The van der Waals surface area contributed by atoms with Gasteiger partial charge in [-0.2, -0.15) is 5.10 Å². The van der Waals surface area contributed by atoms with Gasteiger partial charge < -0.3 is 5.32 Å². The minimum absolute atomic E-state index is 0.119. The molecule has 0 radical (unpaired) electrons. The largest absolute Gasteiger partial charge is 0.344 e. The number of carbonyl (C=O) groups is 1. The van der Waals surface area contributed by atoms with Gasteiger partial charge in [0.1, 0.15) is 0 Å². The van der Waals surface area contributed by atoms with Crippen LogP contribution in [0, 0.1) is 6.92 Å². The van der Waals surface area contributed by atoms with Gasteiger partial charge in [-0.3, -0.25) is 13.9 Å². The Kier molecular flexibility index (Phi) is 4.59. The quantitative estimate of drug-likeness (QED) is 0.755. The monoisotopic (exact) mass is 326 g/mol. The zero-order valence-corrected chi connectivity index (χ0v) is 14.2. The molecule has 0 aliphatic carbocycles. The lowest BCUT2D eigenvalue weighted by atomic mass is 10.1. The summed E-state index contributed by atoms with van der Waals surface area (Å²) in [6.07, 6.45) is 8.87. The first-order chi connectivity index (χ1) is 11.6.